The van der Waals surface area contributed by atoms with Crippen LogP contribution in [0.2, 0.25) is 0 Å². The van der Waals surface area contributed by atoms with Crippen molar-refractivity contribution >= 4 is 23.3 Å². The highest BCUT2D eigenvalue weighted by molar-refractivity contribution is 6.00. The average Bonchev–Trinajstić information content (AvgIpc) is 3.27. The molecule has 4 rings (SSSR count). The van der Waals surface area contributed by atoms with E-state index in [1.54, 1.807) is 6.07 Å². The van der Waals surface area contributed by atoms with Gasteiger partial charge >= 0.3 is 6.18 Å². The lowest BCUT2D eigenvalue weighted by Crippen LogP contribution is -2.40. The number of hydrogen-bond donors (Lipinski definition) is 4. The third-order valence-corrected chi connectivity index (χ3v) is 7.89. The number of carbonyl (C=O) groups is 3. The van der Waals surface area contributed by atoms with Gasteiger partial charge in [-0.15, -0.1) is 0 Å². The summed E-state index contributed by atoms with van der Waals surface area (Å²) < 4.78 is 42.9. The van der Waals surface area contributed by atoms with Crippen LogP contribution in [0.15, 0.2) is 18.2 Å². The maximum absolute atomic E-state index is 13.9. The van der Waals surface area contributed by atoms with Gasteiger partial charge in [-0.3, -0.25) is 14.4 Å². The fourth-order valence-electron chi connectivity index (χ4n) is 5.87. The number of fused-ring (bicyclic) bond motifs is 1. The number of benzene rings is 1. The summed E-state index contributed by atoms with van der Waals surface area (Å²) in [6.45, 7) is 4.29. The average molecular weight is 577 g/mol. The number of nitrogens with one attached hydrogen (secondary N) is 2. The van der Waals surface area contributed by atoms with Gasteiger partial charge in [0.1, 0.15) is 0 Å². The van der Waals surface area contributed by atoms with Crippen molar-refractivity contribution in [3.8, 4) is 5.69 Å². The predicted octanol–water partition coefficient (Wildman–Crippen LogP) is 4.50. The van der Waals surface area contributed by atoms with Gasteiger partial charge in [-0.2, -0.15) is 18.3 Å². The second-order valence-electron chi connectivity index (χ2n) is 12.0. The molecule has 0 atom stereocenters. The van der Waals surface area contributed by atoms with Crippen LogP contribution in [-0.4, -0.2) is 46.0 Å². The molecule has 41 heavy (non-hydrogen) atoms. The van der Waals surface area contributed by atoms with Crippen molar-refractivity contribution in [3.63, 3.8) is 0 Å². The van der Waals surface area contributed by atoms with Crippen LogP contribution in [0.3, 0.4) is 0 Å². The number of hydrogen-bond acceptors (Lipinski definition) is 6. The van der Waals surface area contributed by atoms with E-state index in [-0.39, 0.29) is 47.7 Å². The molecule has 1 heterocycles. The zero-order chi connectivity index (χ0) is 29.9. The van der Waals surface area contributed by atoms with Gasteiger partial charge in [0.05, 0.1) is 22.5 Å². The van der Waals surface area contributed by atoms with E-state index in [4.69, 9.17) is 11.5 Å². The van der Waals surface area contributed by atoms with E-state index >= 15 is 0 Å². The van der Waals surface area contributed by atoms with Crippen LogP contribution in [0.5, 0.6) is 0 Å². The predicted molar refractivity (Wildman–Crippen MR) is 149 cm³/mol. The summed E-state index contributed by atoms with van der Waals surface area (Å²) in [6, 6.07) is 4.56. The topological polar surface area (TPSA) is 145 Å². The molecule has 2 aromatic rings. The normalized spacial score (nSPS) is 20.4. The van der Waals surface area contributed by atoms with Crippen molar-refractivity contribution < 1.29 is 27.6 Å². The van der Waals surface area contributed by atoms with Crippen LogP contribution in [0, 0.1) is 5.41 Å². The summed E-state index contributed by atoms with van der Waals surface area (Å²) in [5.41, 5.74) is 10.1. The number of carbonyl (C=O) groups excluding carboxylic acids is 3. The van der Waals surface area contributed by atoms with E-state index in [9.17, 15) is 27.6 Å². The second kappa shape index (κ2) is 12.2. The smallest absolute Gasteiger partial charge is 0.382 e. The first-order valence-electron chi connectivity index (χ1n) is 14.2. The van der Waals surface area contributed by atoms with Crippen molar-refractivity contribution in [2.24, 2.45) is 16.9 Å². The molecule has 2 aliphatic rings. The molecule has 0 saturated heterocycles. The van der Waals surface area contributed by atoms with Crippen molar-refractivity contribution in [3.05, 3.63) is 40.7 Å². The highest BCUT2D eigenvalue weighted by Gasteiger charge is 2.45. The maximum atomic E-state index is 13.9. The Kier molecular flexibility index (Phi) is 9.10. The minimum absolute atomic E-state index is 0.000391. The van der Waals surface area contributed by atoms with Gasteiger partial charge in [0.2, 0.25) is 5.91 Å². The van der Waals surface area contributed by atoms with Crippen LogP contribution >= 0.6 is 0 Å². The van der Waals surface area contributed by atoms with Crippen LogP contribution in [-0.2, 0) is 17.4 Å². The van der Waals surface area contributed by atoms with E-state index in [1.807, 2.05) is 13.8 Å². The molecule has 2 amide bonds. The van der Waals surface area contributed by atoms with Crippen molar-refractivity contribution in [2.75, 3.05) is 11.9 Å². The van der Waals surface area contributed by atoms with Gasteiger partial charge in [-0.25, -0.2) is 4.68 Å². The minimum atomic E-state index is -4.79. The van der Waals surface area contributed by atoms with E-state index in [2.05, 4.69) is 15.7 Å². The highest BCUT2D eigenvalue weighted by Crippen LogP contribution is 2.42. The Morgan fingerprint density at radius 3 is 2.39 bits per heavy atom. The lowest BCUT2D eigenvalue weighted by Gasteiger charge is -2.31. The molecule has 2 aliphatic carbocycles. The third kappa shape index (κ3) is 7.27. The highest BCUT2D eigenvalue weighted by atomic mass is 19.4. The van der Waals surface area contributed by atoms with Gasteiger partial charge in [0.15, 0.2) is 11.5 Å². The number of anilines is 1. The number of unbranched alkanes of at least 4 members (excludes halogenated alkanes) is 2. The van der Waals surface area contributed by atoms with E-state index in [0.29, 0.717) is 24.3 Å². The number of rotatable bonds is 10. The SMILES string of the molecule is CC1(C)CC(=O)c2c(C(F)(F)F)nn(-c3ccc(C(N)=O)c(N[C@H]4CC[C@H](NC(=O)CCCCCN)CC4)c3)c2C1. The molecule has 1 saturated carbocycles. The van der Waals surface area contributed by atoms with E-state index in [0.717, 1.165) is 44.9 Å². The number of Topliss-reactive ketones (excluding diaryl/α,β-unsaturated/α-hetero) is 1. The Morgan fingerprint density at radius 2 is 1.76 bits per heavy atom. The number of nitrogens with zero attached hydrogens (tertiary/aromatic N) is 2. The number of primary amides is 1. The molecule has 1 aromatic heterocycles. The molecule has 12 heteroatoms. The Labute approximate surface area is 237 Å². The first kappa shape index (κ1) is 30.5. The molecular weight excluding hydrogens is 537 g/mol. The number of ketones is 1. The number of aromatic nitrogens is 2. The first-order chi connectivity index (χ1) is 19.3. The largest absolute Gasteiger partial charge is 0.435 e. The van der Waals surface area contributed by atoms with Gasteiger partial charge in [0.25, 0.3) is 5.91 Å². The summed E-state index contributed by atoms with van der Waals surface area (Å²) in [4.78, 5) is 37.3. The summed E-state index contributed by atoms with van der Waals surface area (Å²) in [5.74, 6) is -1.23. The Balaban J connectivity index is 1.53. The summed E-state index contributed by atoms with van der Waals surface area (Å²) in [5, 5.41) is 10.3. The minimum Gasteiger partial charge on any atom is -0.382 e. The number of halogens is 3. The Bertz CT molecular complexity index is 1300. The molecular formula is C29H39F3N6O3. The molecule has 1 aromatic carbocycles. The first-order valence-corrected chi connectivity index (χ1v) is 14.2. The van der Waals surface area contributed by atoms with Crippen LogP contribution in [0.1, 0.15) is 104 Å². The molecule has 1 fully saturated rings. The van der Waals surface area contributed by atoms with Gasteiger partial charge in [-0.05, 0) is 75.1 Å². The van der Waals surface area contributed by atoms with Gasteiger partial charge in [-0.1, -0.05) is 20.3 Å². The maximum Gasteiger partial charge on any atom is 0.435 e. The lowest BCUT2D eigenvalue weighted by atomic mass is 9.75. The van der Waals surface area contributed by atoms with E-state index < -0.39 is 29.0 Å². The molecule has 224 valence electrons. The lowest BCUT2D eigenvalue weighted by molar-refractivity contribution is -0.141. The van der Waals surface area contributed by atoms with Crippen LogP contribution in [0.4, 0.5) is 18.9 Å². The molecule has 0 unspecified atom stereocenters. The number of alkyl halides is 3. The van der Waals surface area contributed by atoms with Gasteiger partial charge in [0, 0.05) is 30.6 Å². The molecule has 0 spiro atoms. The zero-order valence-electron chi connectivity index (χ0n) is 23.6. The van der Waals surface area contributed by atoms with Gasteiger partial charge < -0.3 is 22.1 Å². The molecule has 0 radical (unpaired) electrons. The Morgan fingerprint density at radius 1 is 1.07 bits per heavy atom. The molecule has 0 aliphatic heterocycles. The van der Waals surface area contributed by atoms with Crippen molar-refractivity contribution in [1.29, 1.82) is 0 Å². The quantitative estimate of drug-likeness (QED) is 0.307. The fraction of sp³-hybridized carbons (Fsp3) is 0.586. The van der Waals surface area contributed by atoms with Crippen LogP contribution in [0.25, 0.3) is 5.69 Å². The summed E-state index contributed by atoms with van der Waals surface area (Å²) in [6.07, 6.45) is 1.49. The Hall–Kier alpha value is -3.41. The molecule has 0 bridgehead atoms. The second-order valence-corrected chi connectivity index (χ2v) is 12.0. The third-order valence-electron chi connectivity index (χ3n) is 7.89. The zero-order valence-corrected chi connectivity index (χ0v) is 23.6. The van der Waals surface area contributed by atoms with Crippen molar-refractivity contribution in [1.82, 2.24) is 15.1 Å². The summed E-state index contributed by atoms with van der Waals surface area (Å²) >= 11 is 0. The summed E-state index contributed by atoms with van der Waals surface area (Å²) in [7, 11) is 0. The monoisotopic (exact) mass is 576 g/mol. The standard InChI is InChI=1S/C29H39F3N6O3/c1-28(2)15-22-25(23(39)16-28)26(29(30,31)32)37-38(22)19-11-12-20(27(34)41)21(14-19)35-17-7-9-18(10-8-17)36-24(40)6-4-3-5-13-33/h11-12,14,17-18,35H,3-10,13,15-16,33H2,1-2H3,(H2,34,41)(H,36,40)/t17-,18-. The fourth-order valence-corrected chi connectivity index (χ4v) is 5.87. The van der Waals surface area contributed by atoms with E-state index in [1.165, 1.54) is 16.8 Å². The van der Waals surface area contributed by atoms with Crippen LogP contribution < -0.4 is 22.1 Å². The number of nitrogens with two attached hydrogens (primary N) is 2. The van der Waals surface area contributed by atoms with Crippen molar-refractivity contribution in [2.45, 2.75) is 96.3 Å². The number of amides is 2. The molecule has 6 N–H and O–H groups in total. The molecule has 9 nitrogen and oxygen atoms in total.